The van der Waals surface area contributed by atoms with Crippen molar-refractivity contribution < 1.29 is 4.74 Å². The van der Waals surface area contributed by atoms with Gasteiger partial charge in [-0.15, -0.1) is 0 Å². The third-order valence-electron chi connectivity index (χ3n) is 10.9. The van der Waals surface area contributed by atoms with Crippen LogP contribution in [-0.2, 0) is 5.41 Å². The van der Waals surface area contributed by atoms with Gasteiger partial charge in [0.05, 0.1) is 18.0 Å². The minimum Gasteiger partial charge on any atom is -0.453 e. The van der Waals surface area contributed by atoms with Crippen LogP contribution in [0.25, 0.3) is 0 Å². The number of para-hydroxylation sites is 2. The summed E-state index contributed by atoms with van der Waals surface area (Å²) in [6.45, 7) is 5.66. The van der Waals surface area contributed by atoms with Crippen LogP contribution in [-0.4, -0.2) is 31.7 Å². The summed E-state index contributed by atoms with van der Waals surface area (Å²) in [6.07, 6.45) is 15.7. The Balaban J connectivity index is 1.30. The fourth-order valence-corrected chi connectivity index (χ4v) is 14.6. The predicted octanol–water partition coefficient (Wildman–Crippen LogP) is 7.71. The van der Waals surface area contributed by atoms with Crippen molar-refractivity contribution in [2.75, 3.05) is 23.5 Å². The van der Waals surface area contributed by atoms with Crippen LogP contribution in [0, 0.1) is 5.92 Å². The summed E-state index contributed by atoms with van der Waals surface area (Å²) in [5.74, 6) is 2.04. The highest BCUT2D eigenvalue weighted by Gasteiger charge is 2.58. The minimum absolute atomic E-state index is 0.0331. The second-order valence-electron chi connectivity index (χ2n) is 13.9. The molecule has 0 fully saturated rings. The lowest BCUT2D eigenvalue weighted by atomic mass is 9.70. The first-order chi connectivity index (χ1) is 23.5. The van der Waals surface area contributed by atoms with E-state index in [2.05, 4.69) is 169 Å². The molecule has 0 saturated heterocycles. The molecule has 0 spiro atoms. The number of ether oxygens (including phenoxy) is 1. The Morgan fingerprint density at radius 3 is 2.40 bits per heavy atom. The molecule has 5 nitrogen and oxygen atoms in total. The third-order valence-corrected chi connectivity index (χ3v) is 16.0. The smallest absolute Gasteiger partial charge is 0.179 e. The zero-order valence-corrected chi connectivity index (χ0v) is 28.5. The summed E-state index contributed by atoms with van der Waals surface area (Å²) in [5, 5.41) is 3.98. The molecule has 0 radical (unpaired) electrons. The lowest BCUT2D eigenvalue weighted by molar-refractivity contribution is 0.374. The van der Waals surface area contributed by atoms with Crippen LogP contribution in [0.1, 0.15) is 19.4 Å². The van der Waals surface area contributed by atoms with Crippen LogP contribution in [0.5, 0.6) is 11.5 Å². The maximum absolute atomic E-state index is 6.67. The van der Waals surface area contributed by atoms with Crippen molar-refractivity contribution in [1.29, 1.82) is 0 Å². The SMILES string of the molecule is CN1C=CN(c2cccc(N3c4ccccc4Oc4ccc([Si@]5(c6ccccn6)c6ccccc6C(C)(C)C6C=CC=C[C@H]65)cc43)c2)C1. The summed E-state index contributed by atoms with van der Waals surface area (Å²) in [6, 6.07) is 39.9. The number of hydrogen-bond donors (Lipinski definition) is 0. The molecule has 6 heteroatoms. The van der Waals surface area contributed by atoms with Crippen LogP contribution < -0.4 is 30.2 Å². The molecule has 1 unspecified atom stereocenters. The van der Waals surface area contributed by atoms with Crippen LogP contribution in [0.4, 0.5) is 22.7 Å². The molecule has 4 heterocycles. The molecule has 4 aliphatic rings. The second-order valence-corrected chi connectivity index (χ2v) is 17.8. The monoisotopic (exact) mass is 642 g/mol. The van der Waals surface area contributed by atoms with Gasteiger partial charge in [0.2, 0.25) is 0 Å². The number of nitrogens with zero attached hydrogens (tertiary/aromatic N) is 4. The highest BCUT2D eigenvalue weighted by molar-refractivity contribution is 7.12. The van der Waals surface area contributed by atoms with E-state index < -0.39 is 8.07 Å². The summed E-state index contributed by atoms with van der Waals surface area (Å²) in [4.78, 5) is 12.1. The van der Waals surface area contributed by atoms with Crippen molar-refractivity contribution in [2.24, 2.45) is 5.92 Å². The normalized spacial score (nSPS) is 22.9. The first kappa shape index (κ1) is 28.9. The van der Waals surface area contributed by atoms with Gasteiger partial charge < -0.3 is 19.4 Å². The van der Waals surface area contributed by atoms with Gasteiger partial charge in [0, 0.05) is 42.3 Å². The van der Waals surface area contributed by atoms with Gasteiger partial charge in [-0.05, 0) is 87.4 Å². The van der Waals surface area contributed by atoms with Gasteiger partial charge in [-0.1, -0.05) is 92.7 Å². The zero-order chi connectivity index (χ0) is 32.5. The van der Waals surface area contributed by atoms with E-state index in [0.717, 1.165) is 40.9 Å². The number of rotatable bonds is 4. The number of hydrogen-bond acceptors (Lipinski definition) is 5. The largest absolute Gasteiger partial charge is 0.453 e. The number of allylic oxidation sites excluding steroid dienone is 4. The molecule has 3 aliphatic heterocycles. The number of aromatic nitrogens is 1. The topological polar surface area (TPSA) is 31.8 Å². The van der Waals surface area contributed by atoms with Crippen molar-refractivity contribution >= 4 is 46.5 Å². The van der Waals surface area contributed by atoms with E-state index in [1.807, 2.05) is 18.3 Å². The molecule has 0 saturated carbocycles. The van der Waals surface area contributed by atoms with E-state index in [1.165, 1.54) is 21.3 Å². The van der Waals surface area contributed by atoms with E-state index in [-0.39, 0.29) is 11.0 Å². The summed E-state index contributed by atoms with van der Waals surface area (Å²) < 4.78 is 6.67. The maximum atomic E-state index is 6.67. The third kappa shape index (κ3) is 4.18. The summed E-state index contributed by atoms with van der Waals surface area (Å²) in [7, 11) is -0.681. The Kier molecular flexibility index (Phi) is 6.53. The molecule has 4 aromatic carbocycles. The number of pyridine rings is 1. The predicted molar refractivity (Wildman–Crippen MR) is 199 cm³/mol. The van der Waals surface area contributed by atoms with Crippen LogP contribution >= 0.6 is 0 Å². The Hall–Kier alpha value is -5.33. The summed E-state index contributed by atoms with van der Waals surface area (Å²) in [5.41, 5.74) is 6.01. The van der Waals surface area contributed by atoms with Crippen LogP contribution in [0.2, 0.25) is 5.54 Å². The van der Waals surface area contributed by atoms with E-state index in [4.69, 9.17) is 9.72 Å². The van der Waals surface area contributed by atoms with Crippen LogP contribution in [0.3, 0.4) is 0 Å². The lowest BCUT2D eigenvalue weighted by Crippen LogP contribution is -2.75. The molecule has 0 amide bonds. The van der Waals surface area contributed by atoms with Crippen molar-refractivity contribution in [1.82, 2.24) is 9.88 Å². The highest BCUT2D eigenvalue weighted by atomic mass is 28.3. The maximum Gasteiger partial charge on any atom is 0.179 e. The van der Waals surface area contributed by atoms with Gasteiger partial charge in [0.1, 0.15) is 0 Å². The number of fused-ring (bicyclic) bond motifs is 4. The van der Waals surface area contributed by atoms with Gasteiger partial charge in [-0.25, -0.2) is 0 Å². The fourth-order valence-electron chi connectivity index (χ4n) is 8.64. The van der Waals surface area contributed by atoms with Crippen molar-refractivity contribution in [2.45, 2.75) is 24.8 Å². The van der Waals surface area contributed by atoms with E-state index in [9.17, 15) is 0 Å². The molecule has 236 valence electrons. The minimum atomic E-state index is -2.78. The fraction of sp³-hybridized carbons (Fsp3) is 0.167. The van der Waals surface area contributed by atoms with Crippen molar-refractivity contribution in [3.05, 3.63) is 158 Å². The van der Waals surface area contributed by atoms with Gasteiger partial charge in [0.25, 0.3) is 0 Å². The molecule has 0 N–H and O–H groups in total. The first-order valence-electron chi connectivity index (χ1n) is 16.8. The van der Waals surface area contributed by atoms with E-state index in [1.54, 1.807) is 0 Å². The Morgan fingerprint density at radius 1 is 0.750 bits per heavy atom. The molecule has 9 rings (SSSR count). The molecular formula is C42H38N4OSi. The standard InChI is InChI=1S/C42H38N4OSi/c1-42(2)33-15-4-8-19-39(33)48(41-21-10-11-24-43-41,40-20-9-5-16-34(40)42)32-22-23-38-36(28-32)46(35-17-6-7-18-37(35)47-38)31-14-12-13-30(27-31)45-26-25-44(3)29-45/h4-28,33,39H,29H2,1-3H3/t33?,39-,48-/m1/s1. The molecule has 1 aliphatic carbocycles. The van der Waals surface area contributed by atoms with Gasteiger partial charge in [-0.3, -0.25) is 4.98 Å². The van der Waals surface area contributed by atoms with Gasteiger partial charge in [-0.2, -0.15) is 0 Å². The highest BCUT2D eigenvalue weighted by Crippen LogP contribution is 2.53. The number of anilines is 4. The zero-order valence-electron chi connectivity index (χ0n) is 27.5. The van der Waals surface area contributed by atoms with Crippen molar-refractivity contribution in [3.8, 4) is 11.5 Å². The quantitative estimate of drug-likeness (QED) is 0.184. The molecule has 5 aromatic rings. The average molecular weight is 643 g/mol. The van der Waals surface area contributed by atoms with Crippen molar-refractivity contribution in [3.63, 3.8) is 0 Å². The second kappa shape index (κ2) is 10.9. The van der Waals surface area contributed by atoms with Crippen LogP contribution in [0.15, 0.2) is 152 Å². The lowest BCUT2D eigenvalue weighted by Gasteiger charge is -2.53. The first-order valence-corrected chi connectivity index (χ1v) is 18.9. The van der Waals surface area contributed by atoms with Gasteiger partial charge in [0.15, 0.2) is 19.6 Å². The molecule has 3 atom stereocenters. The molecule has 0 bridgehead atoms. The molecule has 1 aromatic heterocycles. The molecule has 48 heavy (non-hydrogen) atoms. The van der Waals surface area contributed by atoms with E-state index in [0.29, 0.717) is 5.92 Å². The Labute approximate surface area is 283 Å². The Bertz CT molecular complexity index is 2140. The average Bonchev–Trinajstić information content (AvgIpc) is 3.58. The Morgan fingerprint density at radius 2 is 1.54 bits per heavy atom. The molecular weight excluding hydrogens is 605 g/mol. The van der Waals surface area contributed by atoms with E-state index >= 15 is 0 Å². The summed E-state index contributed by atoms with van der Waals surface area (Å²) >= 11 is 0. The number of benzene rings is 4. The van der Waals surface area contributed by atoms with Gasteiger partial charge >= 0.3 is 0 Å².